The zero-order valence-corrected chi connectivity index (χ0v) is 13.6. The molecule has 0 radical (unpaired) electrons. The zero-order valence-electron chi connectivity index (χ0n) is 8.27. The van der Waals surface area contributed by atoms with Crippen LogP contribution in [-0.4, -0.2) is 25.6 Å². The molecule has 74 valence electrons. The minimum absolute atomic E-state index is 0. The Morgan fingerprint density at radius 2 is 1.79 bits per heavy atom. The molecule has 0 heterocycles. The van der Waals surface area contributed by atoms with Crippen molar-refractivity contribution in [3.8, 4) is 0 Å². The minimum Gasteiger partial charge on any atom is -0.517 e. The molecule has 0 atom stereocenters. The second kappa shape index (κ2) is 15.5. The molecule has 0 bridgehead atoms. The van der Waals surface area contributed by atoms with Crippen LogP contribution in [0.15, 0.2) is 30.3 Å². The first-order valence-corrected chi connectivity index (χ1v) is 3.38. The predicted molar refractivity (Wildman–Crippen MR) is 61.2 cm³/mol. The Hall–Kier alpha value is 0.00338. The fraction of sp³-hybridized carbons (Fsp3) is 0.222. The third-order valence-electron chi connectivity index (χ3n) is 1.01. The predicted octanol–water partition coefficient (Wildman–Crippen LogP) is 1.65. The molecule has 14 heavy (non-hydrogen) atoms. The molecule has 0 unspecified atom stereocenters. The first kappa shape index (κ1) is 19.6. The number of rotatable bonds is 2. The molecule has 0 saturated heterocycles. The van der Waals surface area contributed by atoms with E-state index in [1.54, 1.807) is 0 Å². The first-order valence-electron chi connectivity index (χ1n) is 3.38. The second-order valence-electron chi connectivity index (χ2n) is 1.85. The molecule has 1 aromatic rings. The summed E-state index contributed by atoms with van der Waals surface area (Å²) in [5.41, 5.74) is 0. The van der Waals surface area contributed by atoms with Crippen molar-refractivity contribution < 1.29 is 29.1 Å². The maximum atomic E-state index is 9.41. The Labute approximate surface area is 115 Å². The maximum absolute atomic E-state index is 9.41. The van der Waals surface area contributed by atoms with Crippen LogP contribution in [0.25, 0.3) is 0 Å². The van der Waals surface area contributed by atoms with Crippen LogP contribution in [0.5, 0.6) is 0 Å². The third-order valence-corrected chi connectivity index (χ3v) is 1.01. The van der Waals surface area contributed by atoms with Crippen LogP contribution in [0.3, 0.4) is 0 Å². The van der Waals surface area contributed by atoms with E-state index in [0.29, 0.717) is 0 Å². The largest absolute Gasteiger partial charge is 2.00 e. The fourth-order valence-electron chi connectivity index (χ4n) is 0.379. The molecule has 1 rings (SSSR count). The molecule has 0 aliphatic heterocycles. The van der Waals surface area contributed by atoms with E-state index in [-0.39, 0.29) is 43.5 Å². The smallest absolute Gasteiger partial charge is 0.517 e. The Bertz CT molecular complexity index is 173. The van der Waals surface area contributed by atoms with Gasteiger partial charge in [0.05, 0.1) is 7.11 Å². The zero-order chi connectivity index (χ0) is 9.23. The number of hydroxylamine groups is 2. The van der Waals surface area contributed by atoms with Crippen LogP contribution in [0.4, 0.5) is 0 Å². The van der Waals surface area contributed by atoms with Crippen molar-refractivity contribution in [2.45, 2.75) is 0 Å². The second-order valence-corrected chi connectivity index (χ2v) is 1.85. The average Bonchev–Trinajstić information content (AvgIpc) is 2.20. The van der Waals surface area contributed by atoms with Gasteiger partial charge in [0, 0.05) is 0 Å². The Balaban J connectivity index is -0.000000151. The van der Waals surface area contributed by atoms with Gasteiger partial charge in [-0.1, -0.05) is 0 Å². The first-order chi connectivity index (χ1) is 5.81. The van der Waals surface area contributed by atoms with Crippen LogP contribution in [0.1, 0.15) is 0 Å². The topological polar surface area (TPSA) is 29.5 Å². The number of benzene rings is 1. The van der Waals surface area contributed by atoms with Gasteiger partial charge in [-0.15, -0.1) is 30.4 Å². The number of halogens is 1. The van der Waals surface area contributed by atoms with Gasteiger partial charge in [-0.3, -0.25) is 0 Å². The molecular formula is C9H12INO2Zn. The van der Waals surface area contributed by atoms with Crippen LogP contribution >= 0.6 is 24.0 Å². The summed E-state index contributed by atoms with van der Waals surface area (Å²) < 4.78 is 0. The summed E-state index contributed by atoms with van der Waals surface area (Å²) in [5.74, 6) is 0. The molecule has 0 saturated carbocycles. The van der Waals surface area contributed by atoms with Gasteiger partial charge >= 0.3 is 19.5 Å². The van der Waals surface area contributed by atoms with Gasteiger partial charge in [0.2, 0.25) is 0 Å². The van der Waals surface area contributed by atoms with Crippen LogP contribution in [0, 0.1) is 6.07 Å². The number of nitrogens with zero attached hydrogens (tertiary/aromatic N) is 1. The van der Waals surface area contributed by atoms with E-state index in [9.17, 15) is 4.79 Å². The van der Waals surface area contributed by atoms with Crippen molar-refractivity contribution in [2.24, 2.45) is 0 Å². The third kappa shape index (κ3) is 14.5. The van der Waals surface area contributed by atoms with Crippen LogP contribution < -0.4 is 0 Å². The van der Waals surface area contributed by atoms with E-state index in [2.05, 4.69) is 10.9 Å². The van der Waals surface area contributed by atoms with Crippen molar-refractivity contribution in [3.05, 3.63) is 36.4 Å². The van der Waals surface area contributed by atoms with Gasteiger partial charge in [-0.2, -0.15) is 36.4 Å². The standard InChI is InChI=1S/C6H5.C3H6NO2.HI.Zn/c1-2-4-6-5-3-1;1-4(3-5)6-2;;/h1-5H;1-2H3;1H;/q2*-1;;+2. The molecule has 0 aliphatic carbocycles. The molecule has 1 aromatic carbocycles. The number of carbonyl (C=O) groups excluding carboxylic acids is 1. The van der Waals surface area contributed by atoms with Crippen molar-refractivity contribution >= 4 is 30.4 Å². The Morgan fingerprint density at radius 3 is 1.86 bits per heavy atom. The van der Waals surface area contributed by atoms with E-state index in [1.807, 2.05) is 30.3 Å². The summed E-state index contributed by atoms with van der Waals surface area (Å²) in [6.45, 7) is 0. The molecule has 0 aromatic heterocycles. The van der Waals surface area contributed by atoms with E-state index in [4.69, 9.17) is 0 Å². The van der Waals surface area contributed by atoms with E-state index < -0.39 is 0 Å². The number of hydrogen-bond donors (Lipinski definition) is 0. The van der Waals surface area contributed by atoms with Gasteiger partial charge in [0.15, 0.2) is 0 Å². The van der Waals surface area contributed by atoms with Gasteiger partial charge in [-0.05, 0) is 7.05 Å². The van der Waals surface area contributed by atoms with Crippen LogP contribution in [-0.2, 0) is 29.1 Å². The van der Waals surface area contributed by atoms with Crippen molar-refractivity contribution in [1.29, 1.82) is 0 Å². The SMILES string of the molecule is CON(C)[C-]=O.I.[Zn+2].[c-]1ccccc1. The Kier molecular flexibility index (Phi) is 21.6. The Morgan fingerprint density at radius 1 is 1.29 bits per heavy atom. The normalized spacial score (nSPS) is 6.71. The fourth-order valence-corrected chi connectivity index (χ4v) is 0.379. The quantitative estimate of drug-likeness (QED) is 0.265. The maximum Gasteiger partial charge on any atom is 2.00 e. The molecule has 0 fully saturated rings. The molecule has 1 amide bonds. The molecule has 0 aliphatic rings. The summed E-state index contributed by atoms with van der Waals surface area (Å²) >= 11 is 0. The van der Waals surface area contributed by atoms with Gasteiger partial charge in [0.1, 0.15) is 0 Å². The monoisotopic (exact) mass is 357 g/mol. The summed E-state index contributed by atoms with van der Waals surface area (Å²) in [5, 5.41) is 0.944. The van der Waals surface area contributed by atoms with Crippen molar-refractivity contribution in [2.75, 3.05) is 14.2 Å². The molecule has 3 nitrogen and oxygen atoms in total. The molecule has 5 heteroatoms. The van der Waals surface area contributed by atoms with Crippen molar-refractivity contribution in [1.82, 2.24) is 5.06 Å². The molecular weight excluding hydrogens is 346 g/mol. The number of hydrogen-bond acceptors (Lipinski definition) is 2. The van der Waals surface area contributed by atoms with Gasteiger partial charge in [0.25, 0.3) is 0 Å². The van der Waals surface area contributed by atoms with Gasteiger partial charge < -0.3 is 14.7 Å². The number of amides is 1. The molecule has 0 spiro atoms. The summed E-state index contributed by atoms with van der Waals surface area (Å²) in [4.78, 5) is 13.7. The van der Waals surface area contributed by atoms with Gasteiger partial charge in [-0.25, -0.2) is 0 Å². The molecule has 0 N–H and O–H groups in total. The van der Waals surface area contributed by atoms with E-state index in [1.165, 1.54) is 20.6 Å². The summed E-state index contributed by atoms with van der Waals surface area (Å²) in [7, 11) is 2.86. The van der Waals surface area contributed by atoms with Crippen LogP contribution in [0.2, 0.25) is 0 Å². The summed E-state index contributed by atoms with van der Waals surface area (Å²) in [6, 6.07) is 12.5. The van der Waals surface area contributed by atoms with Crippen molar-refractivity contribution in [3.63, 3.8) is 0 Å². The van der Waals surface area contributed by atoms with E-state index >= 15 is 0 Å². The van der Waals surface area contributed by atoms with E-state index in [0.717, 1.165) is 5.06 Å². The average molecular weight is 358 g/mol. The minimum atomic E-state index is 0. The summed E-state index contributed by atoms with van der Waals surface area (Å²) in [6.07, 6.45) is 1.48.